The van der Waals surface area contributed by atoms with Gasteiger partial charge in [-0.05, 0) is 181 Å². The SMILES string of the molecule is CC(C)(C)c1ccc2c(c1)B1c3cc(C(C)(C)C)ccc3N(c3ccc(C(C)(C)C)cc3-c3ccccc3)c3cc(N4c5ccc(-c6ccncc6)cc5C5(C)CCCCC45C)cc(c31)N2c1ccc(C(C)(C)C)cc1-c1ccccc1. The summed E-state index contributed by atoms with van der Waals surface area (Å²) in [5.41, 5.74) is 27.2. The Kier molecular flexibility index (Phi) is 12.4. The molecule has 5 heteroatoms. The van der Waals surface area contributed by atoms with E-state index >= 15 is 0 Å². The van der Waals surface area contributed by atoms with Crippen molar-refractivity contribution in [1.82, 2.24) is 4.98 Å². The highest BCUT2D eigenvalue weighted by Gasteiger charge is 2.58. The first-order chi connectivity index (χ1) is 38.9. The molecule has 13 rings (SSSR count). The average molecular weight is 1070 g/mol. The number of hydrogen-bond acceptors (Lipinski definition) is 4. The van der Waals surface area contributed by atoms with E-state index in [9.17, 15) is 0 Å². The van der Waals surface area contributed by atoms with E-state index in [-0.39, 0.29) is 39.3 Å². The van der Waals surface area contributed by atoms with Crippen LogP contribution in [0.4, 0.5) is 45.5 Å². The van der Waals surface area contributed by atoms with E-state index < -0.39 is 0 Å². The molecule has 0 radical (unpaired) electrons. The van der Waals surface area contributed by atoms with E-state index in [0.29, 0.717) is 0 Å². The molecule has 2 unspecified atom stereocenters. The summed E-state index contributed by atoms with van der Waals surface area (Å²) in [6, 6.07) is 68.8. The summed E-state index contributed by atoms with van der Waals surface area (Å²) in [7, 11) is 0. The summed E-state index contributed by atoms with van der Waals surface area (Å²) in [6.07, 6.45) is 8.45. The van der Waals surface area contributed by atoms with Crippen molar-refractivity contribution in [3.8, 4) is 33.4 Å². The highest BCUT2D eigenvalue weighted by Crippen LogP contribution is 2.63. The van der Waals surface area contributed by atoms with Crippen molar-refractivity contribution in [2.75, 3.05) is 14.7 Å². The summed E-state index contributed by atoms with van der Waals surface area (Å²) in [5.74, 6) is 0. The zero-order chi connectivity index (χ0) is 57.5. The van der Waals surface area contributed by atoms with Crippen molar-refractivity contribution in [1.29, 1.82) is 0 Å². The van der Waals surface area contributed by atoms with E-state index in [0.717, 1.165) is 12.8 Å². The molecule has 1 aromatic heterocycles. The van der Waals surface area contributed by atoms with Gasteiger partial charge in [0.2, 0.25) is 0 Å². The van der Waals surface area contributed by atoms with Gasteiger partial charge < -0.3 is 14.7 Å². The molecule has 0 saturated heterocycles. The van der Waals surface area contributed by atoms with Crippen LogP contribution in [0, 0.1) is 0 Å². The van der Waals surface area contributed by atoms with Crippen LogP contribution in [0.3, 0.4) is 0 Å². The van der Waals surface area contributed by atoms with Gasteiger partial charge in [-0.15, -0.1) is 0 Å². The van der Waals surface area contributed by atoms with Crippen LogP contribution in [-0.4, -0.2) is 17.2 Å². The lowest BCUT2D eigenvalue weighted by atomic mass is 9.33. The second kappa shape index (κ2) is 19.0. The number of pyridine rings is 1. The number of anilines is 8. The molecule has 2 atom stereocenters. The normalized spacial score (nSPS) is 18.4. The van der Waals surface area contributed by atoms with Gasteiger partial charge in [0, 0.05) is 63.1 Å². The Balaban J connectivity index is 1.20. The fourth-order valence-electron chi connectivity index (χ4n) is 14.5. The topological polar surface area (TPSA) is 22.6 Å². The minimum absolute atomic E-state index is 0.0654. The van der Waals surface area contributed by atoms with Crippen LogP contribution in [0.1, 0.15) is 150 Å². The Morgan fingerprint density at radius 1 is 0.390 bits per heavy atom. The lowest BCUT2D eigenvalue weighted by Gasteiger charge is -2.51. The van der Waals surface area contributed by atoms with E-state index in [1.54, 1.807) is 0 Å². The fourth-order valence-corrected chi connectivity index (χ4v) is 14.5. The van der Waals surface area contributed by atoms with Crippen molar-refractivity contribution < 1.29 is 0 Å². The standard InChI is InChI=1S/C77H81BN4/c1-72(2,3)54-28-33-64(59(44-54)51-23-17-15-18-24-51)80-67-35-30-56(74(7,8)9)46-62(67)78-63-47-57(75(10,11)12)31-36-68(63)81(65-34-29-55(73(4,5)6)45-60(65)52-25-19-16-20-26-52)70-49-58(48-69(80)71(70)78)82-66-32-27-53(50-37-41-79-42-38-50)43-61(66)76(13)39-21-22-40-77(76,82)14/h15-20,23-38,41-49H,21-22,39-40H2,1-14H3. The number of fused-ring (bicyclic) bond motifs is 7. The van der Waals surface area contributed by atoms with Gasteiger partial charge in [-0.25, -0.2) is 0 Å². The Bertz CT molecular complexity index is 3770. The molecule has 3 aliphatic heterocycles. The molecule has 1 saturated carbocycles. The quantitative estimate of drug-likeness (QED) is 0.155. The van der Waals surface area contributed by atoms with Gasteiger partial charge in [0.15, 0.2) is 0 Å². The molecule has 9 aromatic rings. The van der Waals surface area contributed by atoms with Gasteiger partial charge >= 0.3 is 0 Å². The van der Waals surface area contributed by atoms with E-state index in [4.69, 9.17) is 0 Å². The molecule has 0 spiro atoms. The van der Waals surface area contributed by atoms with Crippen molar-refractivity contribution in [3.05, 3.63) is 216 Å². The molecule has 1 fully saturated rings. The van der Waals surface area contributed by atoms with Crippen LogP contribution >= 0.6 is 0 Å². The Morgan fingerprint density at radius 3 is 1.28 bits per heavy atom. The third kappa shape index (κ3) is 8.57. The number of rotatable bonds is 6. The van der Waals surface area contributed by atoms with Crippen molar-refractivity contribution in [2.24, 2.45) is 0 Å². The van der Waals surface area contributed by atoms with E-state index in [1.807, 2.05) is 12.4 Å². The summed E-state index contributed by atoms with van der Waals surface area (Å²) >= 11 is 0. The molecule has 0 amide bonds. The maximum Gasteiger partial charge on any atom is 0.252 e. The second-order valence-corrected chi connectivity index (χ2v) is 28.9. The van der Waals surface area contributed by atoms with Crippen LogP contribution in [-0.2, 0) is 27.1 Å². The van der Waals surface area contributed by atoms with Gasteiger partial charge in [-0.3, -0.25) is 4.98 Å². The number of nitrogens with zero attached hydrogens (tertiary/aromatic N) is 4. The summed E-state index contributed by atoms with van der Waals surface area (Å²) in [4.78, 5) is 12.6. The number of benzene rings is 8. The lowest BCUT2D eigenvalue weighted by molar-refractivity contribution is 0.195. The number of aromatic nitrogens is 1. The highest BCUT2D eigenvalue weighted by molar-refractivity contribution is 7.00. The molecule has 4 nitrogen and oxygen atoms in total. The van der Waals surface area contributed by atoms with Crippen LogP contribution in [0.5, 0.6) is 0 Å². The van der Waals surface area contributed by atoms with Crippen LogP contribution < -0.4 is 31.1 Å². The minimum atomic E-state index is -0.226. The van der Waals surface area contributed by atoms with Gasteiger partial charge in [0.25, 0.3) is 6.71 Å². The number of hydrogen-bond donors (Lipinski definition) is 0. The Morgan fingerprint density at radius 2 is 0.817 bits per heavy atom. The summed E-state index contributed by atoms with van der Waals surface area (Å²) < 4.78 is 0. The predicted molar refractivity (Wildman–Crippen MR) is 352 cm³/mol. The Hall–Kier alpha value is -7.63. The zero-order valence-corrected chi connectivity index (χ0v) is 51.1. The molecule has 0 N–H and O–H groups in total. The first-order valence-corrected chi connectivity index (χ1v) is 30.3. The van der Waals surface area contributed by atoms with Crippen LogP contribution in [0.15, 0.2) is 188 Å². The van der Waals surface area contributed by atoms with Crippen molar-refractivity contribution >= 4 is 68.6 Å². The zero-order valence-electron chi connectivity index (χ0n) is 51.1. The van der Waals surface area contributed by atoms with E-state index in [1.165, 1.54) is 136 Å². The van der Waals surface area contributed by atoms with Gasteiger partial charge in [0.05, 0.1) is 16.9 Å². The first kappa shape index (κ1) is 53.7. The molecule has 4 heterocycles. The molecule has 1 aliphatic carbocycles. The highest BCUT2D eigenvalue weighted by atomic mass is 15.3. The molecule has 8 aromatic carbocycles. The maximum absolute atomic E-state index is 4.42. The molecular formula is C77H81BN4. The van der Waals surface area contributed by atoms with Gasteiger partial charge in [0.1, 0.15) is 0 Å². The largest absolute Gasteiger partial charge is 0.334 e. The van der Waals surface area contributed by atoms with Crippen molar-refractivity contribution in [3.63, 3.8) is 0 Å². The third-order valence-corrected chi connectivity index (χ3v) is 19.5. The second-order valence-electron chi connectivity index (χ2n) is 28.9. The van der Waals surface area contributed by atoms with Crippen LogP contribution in [0.2, 0.25) is 0 Å². The van der Waals surface area contributed by atoms with Gasteiger partial charge in [-0.2, -0.15) is 0 Å². The van der Waals surface area contributed by atoms with Gasteiger partial charge in [-0.1, -0.05) is 206 Å². The third-order valence-electron chi connectivity index (χ3n) is 19.5. The summed E-state index contributed by atoms with van der Waals surface area (Å²) in [5, 5.41) is 0. The molecule has 4 aliphatic rings. The average Bonchev–Trinajstić information content (AvgIpc) is 2.39. The fraction of sp³-hybridized carbons (Fsp3) is 0.312. The Labute approximate surface area is 490 Å². The van der Waals surface area contributed by atoms with Crippen LogP contribution in [0.25, 0.3) is 33.4 Å². The smallest absolute Gasteiger partial charge is 0.252 e. The molecule has 412 valence electrons. The molecule has 82 heavy (non-hydrogen) atoms. The predicted octanol–water partition coefficient (Wildman–Crippen LogP) is 19.1. The minimum Gasteiger partial charge on any atom is -0.334 e. The molecular weight excluding hydrogens is 992 g/mol. The van der Waals surface area contributed by atoms with E-state index in [2.05, 4.69) is 293 Å². The first-order valence-electron chi connectivity index (χ1n) is 30.3. The lowest BCUT2D eigenvalue weighted by Crippen LogP contribution is -2.62. The summed E-state index contributed by atoms with van der Waals surface area (Å²) in [6.45, 7) is 33.4. The maximum atomic E-state index is 4.42. The van der Waals surface area contributed by atoms with Crippen molar-refractivity contribution in [2.45, 2.75) is 155 Å². The molecule has 0 bridgehead atoms. The monoisotopic (exact) mass is 1070 g/mol.